The van der Waals surface area contributed by atoms with Gasteiger partial charge >= 0.3 is 0 Å². The van der Waals surface area contributed by atoms with E-state index in [2.05, 4.69) is 77.6 Å². The van der Waals surface area contributed by atoms with Gasteiger partial charge in [-0.1, -0.05) is 47.7 Å². The average molecular weight is 304 g/mol. The number of aryl methyl sites for hydroxylation is 1. The fourth-order valence-corrected chi connectivity index (χ4v) is 3.38. The first-order valence-corrected chi connectivity index (χ1v) is 8.01. The third kappa shape index (κ3) is 2.13. The molecule has 0 saturated carbocycles. The van der Waals surface area contributed by atoms with Crippen LogP contribution in [0.4, 0.5) is 5.69 Å². The molecule has 1 aliphatic rings. The number of rotatable bonds is 1. The minimum Gasteiger partial charge on any atom is -0.364 e. The Labute approximate surface area is 136 Å². The van der Waals surface area contributed by atoms with Gasteiger partial charge in [0.05, 0.1) is 5.69 Å². The summed E-state index contributed by atoms with van der Waals surface area (Å²) in [5, 5.41) is 8.76. The summed E-state index contributed by atoms with van der Waals surface area (Å²) in [4.78, 5) is 2.45. The Morgan fingerprint density at radius 3 is 2.43 bits per heavy atom. The van der Waals surface area contributed by atoms with Gasteiger partial charge in [0.1, 0.15) is 5.69 Å². The number of hydrogen-bond acceptors (Lipinski definition) is 3. The van der Waals surface area contributed by atoms with Crippen molar-refractivity contribution in [1.29, 1.82) is 0 Å². The smallest absolute Gasteiger partial charge is 0.121 e. The van der Waals surface area contributed by atoms with E-state index < -0.39 is 0 Å². The molecule has 0 fully saturated rings. The van der Waals surface area contributed by atoms with Crippen LogP contribution in [0.1, 0.15) is 19.4 Å². The molecule has 1 aromatic heterocycles. The predicted octanol–water partition coefficient (Wildman–Crippen LogP) is 3.88. The van der Waals surface area contributed by atoms with Crippen LogP contribution in [0.15, 0.2) is 48.5 Å². The summed E-state index contributed by atoms with van der Waals surface area (Å²) < 4.78 is 1.88. The van der Waals surface area contributed by atoms with Gasteiger partial charge in [-0.2, -0.15) is 0 Å². The second-order valence-electron chi connectivity index (χ2n) is 6.31. The van der Waals surface area contributed by atoms with Crippen molar-refractivity contribution in [2.75, 3.05) is 4.90 Å². The normalized spacial score (nSPS) is 13.1. The van der Waals surface area contributed by atoms with Gasteiger partial charge in [0.2, 0.25) is 0 Å². The van der Waals surface area contributed by atoms with Gasteiger partial charge in [-0.3, -0.25) is 0 Å². The van der Waals surface area contributed by atoms with E-state index in [0.29, 0.717) is 6.04 Å². The van der Waals surface area contributed by atoms with E-state index in [1.807, 2.05) is 11.7 Å². The number of hydrogen-bond donors (Lipinski definition) is 0. The molecular weight excluding hydrogens is 284 g/mol. The molecule has 4 rings (SSSR count). The third-order valence-electron chi connectivity index (χ3n) is 4.53. The average Bonchev–Trinajstić information content (AvgIpc) is 2.92. The van der Waals surface area contributed by atoms with Crippen LogP contribution in [0.2, 0.25) is 0 Å². The Morgan fingerprint density at radius 2 is 1.65 bits per heavy atom. The van der Waals surface area contributed by atoms with Gasteiger partial charge in [-0.25, -0.2) is 4.68 Å². The molecule has 23 heavy (non-hydrogen) atoms. The molecule has 2 heterocycles. The van der Waals surface area contributed by atoms with E-state index in [0.717, 1.165) is 17.9 Å². The Bertz CT molecular complexity index is 863. The van der Waals surface area contributed by atoms with Crippen LogP contribution >= 0.6 is 0 Å². The fraction of sp³-hybridized carbons (Fsp3) is 0.263. The van der Waals surface area contributed by atoms with E-state index in [9.17, 15) is 0 Å². The van der Waals surface area contributed by atoms with Gasteiger partial charge in [-0.05, 0) is 25.5 Å². The van der Waals surface area contributed by atoms with Crippen molar-refractivity contribution in [2.45, 2.75) is 26.4 Å². The largest absolute Gasteiger partial charge is 0.364 e. The number of fused-ring (bicyclic) bond motifs is 5. The zero-order valence-corrected chi connectivity index (χ0v) is 13.7. The van der Waals surface area contributed by atoms with Crippen molar-refractivity contribution in [3.05, 3.63) is 54.1 Å². The second kappa shape index (κ2) is 5.23. The van der Waals surface area contributed by atoms with Crippen LogP contribution in [0.3, 0.4) is 0 Å². The highest BCUT2D eigenvalue weighted by Crippen LogP contribution is 2.41. The van der Waals surface area contributed by atoms with Crippen LogP contribution in [-0.4, -0.2) is 21.0 Å². The maximum atomic E-state index is 4.46. The molecule has 0 saturated heterocycles. The first-order chi connectivity index (χ1) is 11.2. The topological polar surface area (TPSA) is 34.0 Å². The standard InChI is InChI=1S/C19H20N4/c1-13(2)23-12-14-8-4-5-9-15(14)18-19(22(3)21-20-18)16-10-6-7-11-17(16)23/h4-11,13H,12H2,1-3H3. The van der Waals surface area contributed by atoms with E-state index in [1.165, 1.54) is 22.4 Å². The lowest BCUT2D eigenvalue weighted by Gasteiger charge is -2.33. The molecule has 2 aromatic carbocycles. The van der Waals surface area contributed by atoms with Crippen LogP contribution in [0.25, 0.3) is 22.5 Å². The first kappa shape index (κ1) is 14.0. The molecule has 116 valence electrons. The number of aromatic nitrogens is 3. The van der Waals surface area contributed by atoms with Crippen molar-refractivity contribution in [1.82, 2.24) is 15.0 Å². The van der Waals surface area contributed by atoms with Gasteiger partial charge in [-0.15, -0.1) is 5.10 Å². The van der Waals surface area contributed by atoms with Crippen LogP contribution in [0.5, 0.6) is 0 Å². The molecule has 0 unspecified atom stereocenters. The molecule has 0 bridgehead atoms. The van der Waals surface area contributed by atoms with Crippen molar-refractivity contribution in [3.63, 3.8) is 0 Å². The van der Waals surface area contributed by atoms with Crippen molar-refractivity contribution in [2.24, 2.45) is 7.05 Å². The summed E-state index contributed by atoms with van der Waals surface area (Å²) >= 11 is 0. The summed E-state index contributed by atoms with van der Waals surface area (Å²) in [5.41, 5.74) is 6.95. The van der Waals surface area contributed by atoms with E-state index in [1.54, 1.807) is 0 Å². The molecular formula is C19H20N4. The monoisotopic (exact) mass is 304 g/mol. The summed E-state index contributed by atoms with van der Waals surface area (Å²) in [7, 11) is 1.96. The quantitative estimate of drug-likeness (QED) is 0.684. The van der Waals surface area contributed by atoms with E-state index in [-0.39, 0.29) is 0 Å². The van der Waals surface area contributed by atoms with E-state index >= 15 is 0 Å². The number of para-hydroxylation sites is 1. The molecule has 0 atom stereocenters. The molecule has 0 N–H and O–H groups in total. The lowest BCUT2D eigenvalue weighted by molar-refractivity contribution is 0.681. The Hall–Kier alpha value is -2.62. The summed E-state index contributed by atoms with van der Waals surface area (Å²) in [6, 6.07) is 17.5. The minimum atomic E-state index is 0.409. The lowest BCUT2D eigenvalue weighted by atomic mass is 9.95. The summed E-state index contributed by atoms with van der Waals surface area (Å²) in [6.45, 7) is 5.35. The van der Waals surface area contributed by atoms with Crippen LogP contribution in [0, 0.1) is 0 Å². The SMILES string of the molecule is CC(C)N1Cc2ccccc2-c2nnn(C)c2-c2ccccc21. The number of benzene rings is 2. The van der Waals surface area contributed by atoms with Gasteiger partial charge in [0.25, 0.3) is 0 Å². The molecule has 0 aliphatic carbocycles. The minimum absolute atomic E-state index is 0.409. The Morgan fingerprint density at radius 1 is 0.957 bits per heavy atom. The Balaban J connectivity index is 2.09. The second-order valence-corrected chi connectivity index (χ2v) is 6.31. The molecule has 3 aromatic rings. The molecule has 1 aliphatic heterocycles. The Kier molecular flexibility index (Phi) is 3.18. The highest BCUT2D eigenvalue weighted by atomic mass is 15.4. The summed E-state index contributed by atoms with van der Waals surface area (Å²) in [5.74, 6) is 0. The maximum Gasteiger partial charge on any atom is 0.121 e. The molecule has 4 nitrogen and oxygen atoms in total. The first-order valence-electron chi connectivity index (χ1n) is 8.01. The van der Waals surface area contributed by atoms with Crippen molar-refractivity contribution in [3.8, 4) is 22.5 Å². The molecule has 0 amide bonds. The van der Waals surface area contributed by atoms with Gasteiger partial charge in [0.15, 0.2) is 0 Å². The van der Waals surface area contributed by atoms with Crippen molar-refractivity contribution >= 4 is 5.69 Å². The van der Waals surface area contributed by atoms with Crippen molar-refractivity contribution < 1.29 is 0 Å². The zero-order chi connectivity index (χ0) is 16.0. The predicted molar refractivity (Wildman–Crippen MR) is 93.2 cm³/mol. The molecule has 0 radical (unpaired) electrons. The fourth-order valence-electron chi connectivity index (χ4n) is 3.38. The van der Waals surface area contributed by atoms with Gasteiger partial charge in [0, 0.05) is 36.4 Å². The highest BCUT2D eigenvalue weighted by Gasteiger charge is 2.26. The maximum absolute atomic E-state index is 4.46. The zero-order valence-electron chi connectivity index (χ0n) is 13.7. The third-order valence-corrected chi connectivity index (χ3v) is 4.53. The number of anilines is 1. The molecule has 0 spiro atoms. The highest BCUT2D eigenvalue weighted by molar-refractivity contribution is 5.88. The summed E-state index contributed by atoms with van der Waals surface area (Å²) in [6.07, 6.45) is 0. The van der Waals surface area contributed by atoms with Crippen LogP contribution < -0.4 is 4.90 Å². The lowest BCUT2D eigenvalue weighted by Crippen LogP contribution is -2.31. The van der Waals surface area contributed by atoms with Gasteiger partial charge < -0.3 is 4.90 Å². The van der Waals surface area contributed by atoms with E-state index in [4.69, 9.17) is 0 Å². The number of nitrogens with zero attached hydrogens (tertiary/aromatic N) is 4. The molecule has 4 heteroatoms. The van der Waals surface area contributed by atoms with Crippen LogP contribution in [-0.2, 0) is 13.6 Å².